The molecule has 0 aromatic carbocycles. The number of rotatable bonds is 6. The van der Waals surface area contributed by atoms with Crippen LogP contribution in [0.25, 0.3) is 0 Å². The van der Waals surface area contributed by atoms with Gasteiger partial charge in [-0.1, -0.05) is 100 Å². The molecule has 4 saturated carbocycles. The van der Waals surface area contributed by atoms with Crippen molar-refractivity contribution in [2.24, 2.45) is 0 Å². The fourth-order valence-electron chi connectivity index (χ4n) is 7.54. The maximum atomic E-state index is 7.25. The van der Waals surface area contributed by atoms with E-state index in [0.29, 0.717) is 24.2 Å². The quantitative estimate of drug-likeness (QED) is 0.362. The molecule has 5 aliphatic rings. The van der Waals surface area contributed by atoms with Crippen LogP contribution < -0.4 is 0 Å². The van der Waals surface area contributed by atoms with Crippen molar-refractivity contribution >= 4 is 23.2 Å². The second kappa shape index (κ2) is 10.0. The fourth-order valence-corrected chi connectivity index (χ4v) is 8.20. The number of allylic oxidation sites excluding steroid dienone is 2. The molecular formula is C27H44Cl2N2. The predicted octanol–water partition coefficient (Wildman–Crippen LogP) is 8.32. The first kappa shape index (κ1) is 22.7. The van der Waals surface area contributed by atoms with Gasteiger partial charge in [0.1, 0.15) is 0 Å². The van der Waals surface area contributed by atoms with E-state index in [1.54, 1.807) is 0 Å². The molecule has 0 saturated heterocycles. The minimum Gasteiger partial charge on any atom is -0.365 e. The third-order valence-corrected chi connectivity index (χ3v) is 9.86. The highest BCUT2D eigenvalue weighted by Crippen LogP contribution is 2.60. The summed E-state index contributed by atoms with van der Waals surface area (Å²) in [6.45, 7) is 0. The average molecular weight is 468 g/mol. The molecule has 4 heteroatoms. The van der Waals surface area contributed by atoms with Crippen molar-refractivity contribution in [2.75, 3.05) is 0 Å². The normalized spacial score (nSPS) is 29.2. The predicted molar refractivity (Wildman–Crippen MR) is 133 cm³/mol. The number of nitrogens with zero attached hydrogens (tertiary/aromatic N) is 2. The van der Waals surface area contributed by atoms with Crippen LogP contribution in [0.1, 0.15) is 128 Å². The van der Waals surface area contributed by atoms with E-state index in [1.807, 2.05) is 0 Å². The number of halogens is 2. The molecule has 0 aromatic rings. The van der Waals surface area contributed by atoms with E-state index in [1.165, 1.54) is 140 Å². The molecule has 0 bridgehead atoms. The number of hydrogen-bond acceptors (Lipinski definition) is 2. The van der Waals surface area contributed by atoms with E-state index in [0.717, 1.165) is 0 Å². The van der Waals surface area contributed by atoms with Gasteiger partial charge >= 0.3 is 0 Å². The second-order valence-corrected chi connectivity index (χ2v) is 12.6. The van der Waals surface area contributed by atoms with E-state index in [-0.39, 0.29) is 0 Å². The lowest BCUT2D eigenvalue weighted by molar-refractivity contribution is 0.113. The molecule has 4 fully saturated rings. The molecule has 5 rings (SSSR count). The molecule has 176 valence electrons. The lowest BCUT2D eigenvalue weighted by atomic mass is 9.88. The molecular weight excluding hydrogens is 423 g/mol. The van der Waals surface area contributed by atoms with Crippen LogP contribution in [0, 0.1) is 0 Å². The van der Waals surface area contributed by atoms with Gasteiger partial charge < -0.3 is 9.80 Å². The summed E-state index contributed by atoms with van der Waals surface area (Å²) in [6, 6.07) is 2.67. The molecule has 0 N–H and O–H groups in total. The van der Waals surface area contributed by atoms with Crippen molar-refractivity contribution in [3.05, 3.63) is 11.4 Å². The Balaban J connectivity index is 1.48. The van der Waals surface area contributed by atoms with Gasteiger partial charge in [0, 0.05) is 24.2 Å². The van der Waals surface area contributed by atoms with E-state index < -0.39 is 4.33 Å². The Labute approximate surface area is 201 Å². The highest BCUT2D eigenvalue weighted by atomic mass is 35.5. The van der Waals surface area contributed by atoms with Crippen molar-refractivity contribution < 1.29 is 0 Å². The Hall–Kier alpha value is -0.0800. The van der Waals surface area contributed by atoms with Crippen molar-refractivity contribution in [2.45, 2.75) is 157 Å². The highest BCUT2D eigenvalue weighted by molar-refractivity contribution is 6.55. The minimum atomic E-state index is -0.732. The van der Waals surface area contributed by atoms with Gasteiger partial charge in [0.05, 0.1) is 11.4 Å². The van der Waals surface area contributed by atoms with Crippen LogP contribution in [0.4, 0.5) is 0 Å². The Morgan fingerprint density at radius 2 is 0.645 bits per heavy atom. The molecule has 0 aromatic heterocycles. The summed E-state index contributed by atoms with van der Waals surface area (Å²) in [5, 5.41) is 0. The summed E-state index contributed by atoms with van der Waals surface area (Å²) in [5.74, 6) is 0. The van der Waals surface area contributed by atoms with Crippen LogP contribution in [-0.4, -0.2) is 38.3 Å². The standard InChI is InChI=1S/C27H44Cl2N2/c28-27(29)25(30(21-13-5-1-6-14-21)22-15-7-2-8-16-22)26(27)31(23-17-9-3-10-18-23)24-19-11-4-12-20-24/h21-24H,1-20H2. The topological polar surface area (TPSA) is 6.48 Å². The molecule has 2 nitrogen and oxygen atoms in total. The Morgan fingerprint density at radius 1 is 0.419 bits per heavy atom. The first-order valence-electron chi connectivity index (χ1n) is 13.9. The summed E-state index contributed by atoms with van der Waals surface area (Å²) in [5.41, 5.74) is 2.71. The molecule has 0 amide bonds. The molecule has 0 aliphatic heterocycles. The third kappa shape index (κ3) is 4.77. The van der Waals surface area contributed by atoms with Gasteiger partial charge in [0.25, 0.3) is 0 Å². The van der Waals surface area contributed by atoms with Crippen molar-refractivity contribution in [1.82, 2.24) is 9.80 Å². The van der Waals surface area contributed by atoms with Gasteiger partial charge in [0.2, 0.25) is 4.33 Å². The maximum absolute atomic E-state index is 7.25. The Bertz CT molecular complexity index is 533. The van der Waals surface area contributed by atoms with E-state index in [9.17, 15) is 0 Å². The van der Waals surface area contributed by atoms with Gasteiger partial charge in [-0.05, 0) is 51.4 Å². The summed E-state index contributed by atoms with van der Waals surface area (Å²) in [7, 11) is 0. The van der Waals surface area contributed by atoms with Gasteiger partial charge in [-0.25, -0.2) is 0 Å². The average Bonchev–Trinajstić information content (AvgIpc) is 3.37. The largest absolute Gasteiger partial charge is 0.365 e. The lowest BCUT2D eigenvalue weighted by Crippen LogP contribution is -2.44. The minimum absolute atomic E-state index is 0.667. The van der Waals surface area contributed by atoms with Crippen LogP contribution in [0.15, 0.2) is 11.4 Å². The first-order chi connectivity index (χ1) is 15.2. The van der Waals surface area contributed by atoms with Gasteiger partial charge in [-0.3, -0.25) is 0 Å². The second-order valence-electron chi connectivity index (χ2n) is 11.3. The van der Waals surface area contributed by atoms with Crippen LogP contribution in [0.2, 0.25) is 0 Å². The number of hydrogen-bond donors (Lipinski definition) is 0. The van der Waals surface area contributed by atoms with E-state index >= 15 is 0 Å². The molecule has 0 spiro atoms. The van der Waals surface area contributed by atoms with Crippen LogP contribution >= 0.6 is 23.2 Å². The van der Waals surface area contributed by atoms with Crippen molar-refractivity contribution in [3.8, 4) is 0 Å². The number of alkyl halides is 2. The summed E-state index contributed by atoms with van der Waals surface area (Å²) in [6.07, 6.45) is 27.3. The molecule has 0 atom stereocenters. The Morgan fingerprint density at radius 3 is 0.871 bits per heavy atom. The summed E-state index contributed by atoms with van der Waals surface area (Å²) >= 11 is 14.5. The van der Waals surface area contributed by atoms with E-state index in [4.69, 9.17) is 23.2 Å². The molecule has 5 aliphatic carbocycles. The molecule has 31 heavy (non-hydrogen) atoms. The highest BCUT2D eigenvalue weighted by Gasteiger charge is 2.60. The fraction of sp³-hybridized carbons (Fsp3) is 0.926. The zero-order valence-corrected chi connectivity index (χ0v) is 21.1. The summed E-state index contributed by atoms with van der Waals surface area (Å²) in [4.78, 5) is 5.65. The lowest BCUT2D eigenvalue weighted by Gasteiger charge is -2.43. The molecule has 0 heterocycles. The van der Waals surface area contributed by atoms with Gasteiger partial charge in [0.15, 0.2) is 0 Å². The Kier molecular flexibility index (Phi) is 7.35. The van der Waals surface area contributed by atoms with Crippen molar-refractivity contribution in [1.29, 1.82) is 0 Å². The van der Waals surface area contributed by atoms with Crippen LogP contribution in [-0.2, 0) is 0 Å². The molecule has 0 unspecified atom stereocenters. The first-order valence-corrected chi connectivity index (χ1v) is 14.6. The zero-order chi connectivity index (χ0) is 21.3. The zero-order valence-electron chi connectivity index (χ0n) is 19.6. The van der Waals surface area contributed by atoms with E-state index in [2.05, 4.69) is 9.80 Å². The van der Waals surface area contributed by atoms with Crippen LogP contribution in [0.3, 0.4) is 0 Å². The SMILES string of the molecule is ClC1(Cl)C(N(C2CCCCC2)C2CCCCC2)=C1N(C1CCCCC1)C1CCCCC1. The third-order valence-electron chi connectivity index (χ3n) is 9.15. The summed E-state index contributed by atoms with van der Waals surface area (Å²) < 4.78 is -0.732. The smallest absolute Gasteiger partial charge is 0.200 e. The van der Waals surface area contributed by atoms with Crippen LogP contribution in [0.5, 0.6) is 0 Å². The van der Waals surface area contributed by atoms with Crippen molar-refractivity contribution in [3.63, 3.8) is 0 Å². The molecule has 0 radical (unpaired) electrons. The monoisotopic (exact) mass is 466 g/mol. The maximum Gasteiger partial charge on any atom is 0.200 e. The van der Waals surface area contributed by atoms with Gasteiger partial charge in [-0.15, -0.1) is 0 Å². The van der Waals surface area contributed by atoms with Gasteiger partial charge in [-0.2, -0.15) is 0 Å².